The van der Waals surface area contributed by atoms with Crippen LogP contribution in [-0.2, 0) is 9.59 Å². The van der Waals surface area contributed by atoms with Crippen LogP contribution in [0.25, 0.3) is 0 Å². The number of carbonyl (C=O) groups is 4. The topological polar surface area (TPSA) is 141 Å². The molecule has 0 radical (unpaired) electrons. The molecule has 0 unspecified atom stereocenters. The third-order valence-electron chi connectivity index (χ3n) is 2.37. The zero-order chi connectivity index (χ0) is 15.4. The SMILES string of the molecule is Cc1c(C(=O)O)sc(NC(=O)CCC(=O)O)c1C(=O)O. The zero-order valence-electron chi connectivity index (χ0n) is 10.3. The van der Waals surface area contributed by atoms with Crippen LogP contribution < -0.4 is 5.32 Å². The summed E-state index contributed by atoms with van der Waals surface area (Å²) < 4.78 is 0. The van der Waals surface area contributed by atoms with Gasteiger partial charge in [-0.15, -0.1) is 11.3 Å². The second kappa shape index (κ2) is 6.15. The Hall–Kier alpha value is -2.42. The molecular formula is C11H11NO7S. The fraction of sp³-hybridized carbons (Fsp3) is 0.273. The molecule has 1 amide bonds. The van der Waals surface area contributed by atoms with Gasteiger partial charge >= 0.3 is 17.9 Å². The number of carboxylic acids is 3. The summed E-state index contributed by atoms with van der Waals surface area (Å²) >= 11 is 0.625. The van der Waals surface area contributed by atoms with E-state index in [9.17, 15) is 19.2 Å². The van der Waals surface area contributed by atoms with Crippen molar-refractivity contribution in [1.29, 1.82) is 0 Å². The maximum Gasteiger partial charge on any atom is 0.346 e. The van der Waals surface area contributed by atoms with Gasteiger partial charge in [-0.1, -0.05) is 0 Å². The number of aliphatic carboxylic acids is 1. The first-order valence-corrected chi connectivity index (χ1v) is 6.17. The number of amides is 1. The van der Waals surface area contributed by atoms with E-state index in [1.165, 1.54) is 6.92 Å². The standard InChI is InChI=1S/C11H11NO7S/c1-4-7(10(16)17)9(20-8(4)11(18)19)12-5(13)2-3-6(14)15/h2-3H2,1H3,(H,12,13)(H,14,15)(H,16,17)(H,18,19). The highest BCUT2D eigenvalue weighted by Gasteiger charge is 2.25. The molecule has 108 valence electrons. The molecule has 0 aliphatic carbocycles. The van der Waals surface area contributed by atoms with Crippen LogP contribution in [0, 0.1) is 6.92 Å². The van der Waals surface area contributed by atoms with Crippen molar-refractivity contribution in [3.8, 4) is 0 Å². The smallest absolute Gasteiger partial charge is 0.346 e. The molecule has 0 aliphatic rings. The Kier molecular flexibility index (Phi) is 4.81. The fourth-order valence-electron chi connectivity index (χ4n) is 1.47. The number of carbonyl (C=O) groups excluding carboxylic acids is 1. The number of carboxylic acid groups (broad SMARTS) is 3. The predicted molar refractivity (Wildman–Crippen MR) is 68.5 cm³/mol. The normalized spacial score (nSPS) is 10.1. The Balaban J connectivity index is 3.02. The van der Waals surface area contributed by atoms with Crippen molar-refractivity contribution >= 4 is 40.2 Å². The summed E-state index contributed by atoms with van der Waals surface area (Å²) in [5, 5.41) is 28.5. The second-order valence-corrected chi connectivity index (χ2v) is 4.83. The summed E-state index contributed by atoms with van der Waals surface area (Å²) in [5.74, 6) is -4.50. The van der Waals surface area contributed by atoms with E-state index in [1.54, 1.807) is 0 Å². The Morgan fingerprint density at radius 2 is 1.65 bits per heavy atom. The monoisotopic (exact) mass is 301 g/mol. The van der Waals surface area contributed by atoms with Crippen LogP contribution in [0.15, 0.2) is 0 Å². The van der Waals surface area contributed by atoms with Gasteiger partial charge in [0.1, 0.15) is 9.88 Å². The highest BCUT2D eigenvalue weighted by molar-refractivity contribution is 7.18. The molecule has 0 saturated heterocycles. The minimum Gasteiger partial charge on any atom is -0.481 e. The van der Waals surface area contributed by atoms with Crippen molar-refractivity contribution in [3.63, 3.8) is 0 Å². The Bertz CT molecular complexity index is 590. The molecule has 0 saturated carbocycles. The van der Waals surface area contributed by atoms with Crippen LogP contribution in [0.1, 0.15) is 38.4 Å². The number of hydrogen-bond acceptors (Lipinski definition) is 5. The third-order valence-corrected chi connectivity index (χ3v) is 3.57. The maximum absolute atomic E-state index is 11.5. The van der Waals surface area contributed by atoms with E-state index in [2.05, 4.69) is 5.32 Å². The lowest BCUT2D eigenvalue weighted by Crippen LogP contribution is -2.14. The summed E-state index contributed by atoms with van der Waals surface area (Å²) in [6.45, 7) is 1.33. The van der Waals surface area contributed by atoms with Crippen LogP contribution in [0.4, 0.5) is 5.00 Å². The summed E-state index contributed by atoms with van der Waals surface area (Å²) in [6.07, 6.45) is -0.724. The molecule has 0 bridgehead atoms. The molecule has 4 N–H and O–H groups in total. The van der Waals surface area contributed by atoms with E-state index < -0.39 is 30.2 Å². The summed E-state index contributed by atoms with van der Waals surface area (Å²) in [6, 6.07) is 0. The Morgan fingerprint density at radius 3 is 2.10 bits per heavy atom. The molecule has 0 aromatic carbocycles. The fourth-order valence-corrected chi connectivity index (χ4v) is 2.53. The van der Waals surface area contributed by atoms with Gasteiger partial charge in [0, 0.05) is 6.42 Å². The van der Waals surface area contributed by atoms with Crippen molar-refractivity contribution in [2.24, 2.45) is 0 Å². The summed E-state index contributed by atoms with van der Waals surface area (Å²) in [4.78, 5) is 43.7. The quantitative estimate of drug-likeness (QED) is 0.619. The van der Waals surface area contributed by atoms with Gasteiger partial charge in [0.15, 0.2) is 0 Å². The minimum atomic E-state index is -1.36. The number of hydrogen-bond donors (Lipinski definition) is 4. The van der Waals surface area contributed by atoms with E-state index in [-0.39, 0.29) is 27.4 Å². The van der Waals surface area contributed by atoms with Crippen molar-refractivity contribution in [1.82, 2.24) is 0 Å². The van der Waals surface area contributed by atoms with Crippen LogP contribution in [0.2, 0.25) is 0 Å². The first-order chi connectivity index (χ1) is 9.23. The highest BCUT2D eigenvalue weighted by Crippen LogP contribution is 2.33. The Labute approximate surface area is 116 Å². The lowest BCUT2D eigenvalue weighted by Gasteiger charge is -2.03. The lowest BCUT2D eigenvalue weighted by atomic mass is 10.1. The van der Waals surface area contributed by atoms with Crippen LogP contribution in [0.3, 0.4) is 0 Å². The van der Waals surface area contributed by atoms with Crippen molar-refractivity contribution < 1.29 is 34.5 Å². The number of thiophene rings is 1. The summed E-state index contributed by atoms with van der Waals surface area (Å²) in [7, 11) is 0. The average molecular weight is 301 g/mol. The molecular weight excluding hydrogens is 290 g/mol. The molecule has 0 spiro atoms. The molecule has 20 heavy (non-hydrogen) atoms. The maximum atomic E-state index is 11.5. The highest BCUT2D eigenvalue weighted by atomic mass is 32.1. The van der Waals surface area contributed by atoms with Gasteiger partial charge in [0.05, 0.1) is 12.0 Å². The van der Waals surface area contributed by atoms with E-state index in [4.69, 9.17) is 15.3 Å². The molecule has 1 aromatic rings. The predicted octanol–water partition coefficient (Wildman–Crippen LogP) is 1.26. The van der Waals surface area contributed by atoms with Crippen LogP contribution in [0.5, 0.6) is 0 Å². The molecule has 0 atom stereocenters. The van der Waals surface area contributed by atoms with E-state index >= 15 is 0 Å². The largest absolute Gasteiger partial charge is 0.481 e. The molecule has 9 heteroatoms. The number of nitrogens with one attached hydrogen (secondary N) is 1. The average Bonchev–Trinajstić information content (AvgIpc) is 2.63. The molecule has 0 aliphatic heterocycles. The van der Waals surface area contributed by atoms with E-state index in [0.29, 0.717) is 11.3 Å². The molecule has 0 fully saturated rings. The second-order valence-electron chi connectivity index (χ2n) is 3.81. The minimum absolute atomic E-state index is 0.0449. The Morgan fingerprint density at radius 1 is 1.05 bits per heavy atom. The number of aromatic carboxylic acids is 2. The third kappa shape index (κ3) is 3.54. The van der Waals surface area contributed by atoms with Crippen molar-refractivity contribution in [2.45, 2.75) is 19.8 Å². The van der Waals surface area contributed by atoms with E-state index in [1.807, 2.05) is 0 Å². The van der Waals surface area contributed by atoms with Crippen LogP contribution >= 0.6 is 11.3 Å². The van der Waals surface area contributed by atoms with Gasteiger partial charge in [-0.25, -0.2) is 9.59 Å². The first kappa shape index (κ1) is 15.6. The summed E-state index contributed by atoms with van der Waals surface area (Å²) in [5.41, 5.74) is -0.250. The zero-order valence-corrected chi connectivity index (χ0v) is 11.1. The molecule has 1 heterocycles. The molecule has 8 nitrogen and oxygen atoms in total. The van der Waals surface area contributed by atoms with Gasteiger partial charge in [0.25, 0.3) is 0 Å². The van der Waals surface area contributed by atoms with Gasteiger partial charge in [-0.05, 0) is 12.5 Å². The van der Waals surface area contributed by atoms with Gasteiger partial charge in [-0.2, -0.15) is 0 Å². The number of anilines is 1. The number of rotatable bonds is 6. The molecule has 1 rings (SSSR count). The van der Waals surface area contributed by atoms with E-state index in [0.717, 1.165) is 0 Å². The van der Waals surface area contributed by atoms with Gasteiger partial charge in [0.2, 0.25) is 5.91 Å². The first-order valence-electron chi connectivity index (χ1n) is 5.35. The van der Waals surface area contributed by atoms with Gasteiger partial charge < -0.3 is 20.6 Å². The van der Waals surface area contributed by atoms with Gasteiger partial charge in [-0.3, -0.25) is 9.59 Å². The van der Waals surface area contributed by atoms with Crippen molar-refractivity contribution in [3.05, 3.63) is 16.0 Å². The molecule has 1 aromatic heterocycles. The van der Waals surface area contributed by atoms with Crippen molar-refractivity contribution in [2.75, 3.05) is 5.32 Å². The van der Waals surface area contributed by atoms with Crippen LogP contribution in [-0.4, -0.2) is 39.1 Å². The lowest BCUT2D eigenvalue weighted by molar-refractivity contribution is -0.138.